The third-order valence-electron chi connectivity index (χ3n) is 2.42. The molecular formula is C12H12F3INO2. The zero-order chi connectivity index (χ0) is 14.6. The van der Waals surface area contributed by atoms with Gasteiger partial charge in [0, 0.05) is 3.57 Å². The van der Waals surface area contributed by atoms with E-state index in [0.717, 1.165) is 3.57 Å². The van der Waals surface area contributed by atoms with Gasteiger partial charge in [-0.3, -0.25) is 4.79 Å². The van der Waals surface area contributed by atoms with Gasteiger partial charge in [0.2, 0.25) is 0 Å². The Balaban J connectivity index is 3.00. The zero-order valence-electron chi connectivity index (χ0n) is 10.2. The van der Waals surface area contributed by atoms with Gasteiger partial charge in [-0.25, -0.2) is 0 Å². The number of rotatable bonds is 4. The van der Waals surface area contributed by atoms with Gasteiger partial charge < -0.3 is 10.1 Å². The molecule has 0 bridgehead atoms. The Morgan fingerprint density at radius 3 is 2.58 bits per heavy atom. The number of alkyl halides is 3. The number of amides is 1. The minimum atomic E-state index is -4.90. The van der Waals surface area contributed by atoms with E-state index in [1.807, 2.05) is 27.9 Å². The van der Waals surface area contributed by atoms with Crippen LogP contribution in [0.3, 0.4) is 0 Å². The highest BCUT2D eigenvalue weighted by molar-refractivity contribution is 14.1. The van der Waals surface area contributed by atoms with Gasteiger partial charge in [-0.05, 0) is 52.8 Å². The van der Waals surface area contributed by atoms with Crippen molar-refractivity contribution in [3.05, 3.63) is 33.8 Å². The molecule has 1 amide bonds. The van der Waals surface area contributed by atoms with Gasteiger partial charge in [0.05, 0.1) is 13.2 Å². The van der Waals surface area contributed by atoms with Gasteiger partial charge in [-0.2, -0.15) is 13.2 Å². The number of halogens is 4. The fourth-order valence-corrected chi connectivity index (χ4v) is 2.12. The van der Waals surface area contributed by atoms with Crippen molar-refractivity contribution in [3.8, 4) is 5.75 Å². The average Bonchev–Trinajstić information content (AvgIpc) is 2.35. The molecule has 0 fully saturated rings. The minimum absolute atomic E-state index is 0.517. The molecule has 7 heteroatoms. The van der Waals surface area contributed by atoms with E-state index >= 15 is 0 Å². The topological polar surface area (TPSA) is 38.3 Å². The Kier molecular flexibility index (Phi) is 5.45. The fourth-order valence-electron chi connectivity index (χ4n) is 1.45. The summed E-state index contributed by atoms with van der Waals surface area (Å²) >= 11 is 1.99. The lowest BCUT2D eigenvalue weighted by Gasteiger charge is -2.20. The van der Waals surface area contributed by atoms with Gasteiger partial charge in [0.25, 0.3) is 0 Å². The molecule has 0 heterocycles. The molecule has 105 valence electrons. The molecule has 0 aliphatic carbocycles. The molecule has 1 rings (SSSR count). The van der Waals surface area contributed by atoms with Crippen molar-refractivity contribution >= 4 is 28.5 Å². The van der Waals surface area contributed by atoms with E-state index in [0.29, 0.717) is 11.3 Å². The van der Waals surface area contributed by atoms with E-state index < -0.39 is 18.1 Å². The third kappa shape index (κ3) is 4.26. The molecule has 1 atom stereocenters. The van der Waals surface area contributed by atoms with Crippen LogP contribution in [0.15, 0.2) is 18.2 Å². The van der Waals surface area contributed by atoms with E-state index in [-0.39, 0.29) is 0 Å². The molecule has 1 aromatic rings. The number of carbonyl (C=O) groups excluding carboxylic acids is 1. The number of methoxy groups -OCH3 is 1. The largest absolute Gasteiger partial charge is 0.497 e. The molecule has 0 aliphatic heterocycles. The van der Waals surface area contributed by atoms with Crippen molar-refractivity contribution < 1.29 is 22.7 Å². The molecule has 19 heavy (non-hydrogen) atoms. The second-order valence-corrected chi connectivity index (χ2v) is 4.83. The third-order valence-corrected chi connectivity index (χ3v) is 3.40. The predicted molar refractivity (Wildman–Crippen MR) is 72.6 cm³/mol. The maximum Gasteiger partial charge on any atom is 0.471 e. The van der Waals surface area contributed by atoms with Crippen molar-refractivity contribution in [2.45, 2.75) is 19.1 Å². The summed E-state index contributed by atoms with van der Waals surface area (Å²) < 4.78 is 42.5. The molecule has 0 aliphatic rings. The Bertz CT molecular complexity index is 463. The maximum absolute atomic E-state index is 12.3. The molecule has 1 radical (unpaired) electrons. The number of nitrogens with one attached hydrogen (secondary N) is 1. The molecule has 0 saturated heterocycles. The second-order valence-electron chi connectivity index (χ2n) is 3.67. The Morgan fingerprint density at radius 1 is 1.47 bits per heavy atom. The van der Waals surface area contributed by atoms with Crippen LogP contribution in [0.5, 0.6) is 5.75 Å². The van der Waals surface area contributed by atoms with Gasteiger partial charge in [0.15, 0.2) is 0 Å². The first-order valence-corrected chi connectivity index (χ1v) is 6.38. The smallest absolute Gasteiger partial charge is 0.471 e. The van der Waals surface area contributed by atoms with E-state index in [4.69, 9.17) is 4.74 Å². The van der Waals surface area contributed by atoms with Crippen LogP contribution in [0.25, 0.3) is 0 Å². The molecule has 0 spiro atoms. The van der Waals surface area contributed by atoms with Crippen LogP contribution in [-0.2, 0) is 4.79 Å². The highest BCUT2D eigenvalue weighted by Gasteiger charge is 2.39. The summed E-state index contributed by atoms with van der Waals surface area (Å²) in [6.07, 6.45) is -3.41. The molecule has 1 N–H and O–H groups in total. The summed E-state index contributed by atoms with van der Waals surface area (Å²) in [6, 6.07) is 4.19. The molecule has 1 aromatic carbocycles. The average molecular weight is 386 g/mol. The number of benzene rings is 1. The number of hydrogen-bond acceptors (Lipinski definition) is 2. The SMILES string of the molecule is C[CH]C(NC(=O)C(F)(F)F)c1cc(OC)ccc1I. The lowest BCUT2D eigenvalue weighted by molar-refractivity contribution is -0.174. The first-order chi connectivity index (χ1) is 8.79. The van der Waals surface area contributed by atoms with Crippen LogP contribution in [0, 0.1) is 9.99 Å². The lowest BCUT2D eigenvalue weighted by atomic mass is 10.0. The monoisotopic (exact) mass is 386 g/mol. The number of hydrogen-bond donors (Lipinski definition) is 1. The van der Waals surface area contributed by atoms with Crippen molar-refractivity contribution in [3.63, 3.8) is 0 Å². The van der Waals surface area contributed by atoms with Crippen LogP contribution in [-0.4, -0.2) is 19.2 Å². The zero-order valence-corrected chi connectivity index (χ0v) is 12.4. The summed E-state index contributed by atoms with van der Waals surface area (Å²) in [7, 11) is 1.46. The number of carbonyl (C=O) groups is 1. The predicted octanol–water partition coefficient (Wildman–Crippen LogP) is 3.24. The van der Waals surface area contributed by atoms with Gasteiger partial charge in [0.1, 0.15) is 5.75 Å². The Morgan fingerprint density at radius 2 is 2.11 bits per heavy atom. The first-order valence-electron chi connectivity index (χ1n) is 5.30. The van der Waals surface area contributed by atoms with Gasteiger partial charge in [-0.15, -0.1) is 0 Å². The van der Waals surface area contributed by atoms with Crippen molar-refractivity contribution in [2.75, 3.05) is 7.11 Å². The number of ether oxygens (including phenoxy) is 1. The maximum atomic E-state index is 12.3. The summed E-state index contributed by atoms with van der Waals surface area (Å²) in [6.45, 7) is 1.58. The van der Waals surface area contributed by atoms with Crippen LogP contribution >= 0.6 is 22.6 Å². The molecule has 3 nitrogen and oxygen atoms in total. The standard InChI is InChI=1S/C12H12F3INO2/c1-3-10(17-11(18)12(13,14)15)8-6-7(19-2)4-5-9(8)16/h3-6,10H,1-2H3,(H,17,18). The molecule has 1 unspecified atom stereocenters. The first kappa shape index (κ1) is 16.1. The van der Waals surface area contributed by atoms with Crippen LogP contribution < -0.4 is 10.1 Å². The highest BCUT2D eigenvalue weighted by Crippen LogP contribution is 2.27. The summed E-state index contributed by atoms with van der Waals surface area (Å²) in [5.74, 6) is -1.45. The summed E-state index contributed by atoms with van der Waals surface area (Å²) in [5.41, 5.74) is 0.556. The van der Waals surface area contributed by atoms with Gasteiger partial charge in [-0.1, -0.05) is 6.92 Å². The van der Waals surface area contributed by atoms with E-state index in [1.54, 1.807) is 25.1 Å². The van der Waals surface area contributed by atoms with Crippen molar-refractivity contribution in [1.29, 1.82) is 0 Å². The van der Waals surface area contributed by atoms with Crippen LogP contribution in [0.2, 0.25) is 0 Å². The normalized spacial score (nSPS) is 12.9. The quantitative estimate of drug-likeness (QED) is 0.808. The summed E-state index contributed by atoms with van der Waals surface area (Å²) in [4.78, 5) is 11.0. The highest BCUT2D eigenvalue weighted by atomic mass is 127. The Hall–Kier alpha value is -0.990. The second kappa shape index (κ2) is 6.44. The van der Waals surface area contributed by atoms with E-state index in [2.05, 4.69) is 0 Å². The van der Waals surface area contributed by atoms with Crippen molar-refractivity contribution in [1.82, 2.24) is 5.32 Å². The summed E-state index contributed by atoms with van der Waals surface area (Å²) in [5, 5.41) is 1.94. The Labute approximate surface area is 122 Å². The van der Waals surface area contributed by atoms with Crippen LogP contribution in [0.4, 0.5) is 13.2 Å². The van der Waals surface area contributed by atoms with E-state index in [1.165, 1.54) is 13.5 Å². The van der Waals surface area contributed by atoms with Crippen molar-refractivity contribution in [2.24, 2.45) is 0 Å². The molecular weight excluding hydrogens is 374 g/mol. The lowest BCUT2D eigenvalue weighted by Crippen LogP contribution is -2.39. The van der Waals surface area contributed by atoms with Crippen LogP contribution in [0.1, 0.15) is 18.5 Å². The molecule has 0 saturated carbocycles. The minimum Gasteiger partial charge on any atom is -0.497 e. The van der Waals surface area contributed by atoms with E-state index in [9.17, 15) is 18.0 Å². The fraction of sp³-hybridized carbons (Fsp3) is 0.333. The van der Waals surface area contributed by atoms with Gasteiger partial charge >= 0.3 is 12.1 Å². The molecule has 0 aromatic heterocycles.